The van der Waals surface area contributed by atoms with E-state index in [1.165, 1.54) is 24.3 Å². The lowest BCUT2D eigenvalue weighted by molar-refractivity contribution is 0.0568. The van der Waals surface area contributed by atoms with Crippen LogP contribution < -0.4 is 4.72 Å². The summed E-state index contributed by atoms with van der Waals surface area (Å²) in [4.78, 5) is 10.8. The Morgan fingerprint density at radius 3 is 2.60 bits per heavy atom. The molecular formula is C13H17NO5S. The maximum Gasteiger partial charge on any atom is 0.335 e. The Balaban J connectivity index is 2.00. The minimum atomic E-state index is -3.60. The predicted molar refractivity (Wildman–Crippen MR) is 72.1 cm³/mol. The molecule has 0 radical (unpaired) electrons. The number of carboxylic acids is 1. The average molecular weight is 299 g/mol. The first-order valence-electron chi connectivity index (χ1n) is 6.40. The lowest BCUT2D eigenvalue weighted by atomic mass is 10.0. The van der Waals surface area contributed by atoms with E-state index < -0.39 is 16.0 Å². The van der Waals surface area contributed by atoms with Crippen LogP contribution in [0, 0.1) is 5.92 Å². The van der Waals surface area contributed by atoms with Gasteiger partial charge in [0.1, 0.15) is 0 Å². The highest BCUT2D eigenvalue weighted by molar-refractivity contribution is 7.89. The molecule has 1 saturated heterocycles. The molecule has 1 aromatic carbocycles. The molecule has 0 saturated carbocycles. The summed E-state index contributed by atoms with van der Waals surface area (Å²) < 4.78 is 31.9. The molecule has 1 heterocycles. The summed E-state index contributed by atoms with van der Waals surface area (Å²) in [6, 6.07) is 5.15. The average Bonchev–Trinajstić information content (AvgIpc) is 2.46. The zero-order valence-corrected chi connectivity index (χ0v) is 11.7. The van der Waals surface area contributed by atoms with Crippen molar-refractivity contribution in [1.29, 1.82) is 0 Å². The summed E-state index contributed by atoms with van der Waals surface area (Å²) in [6.45, 7) is 1.64. The molecule has 1 aromatic rings. The summed E-state index contributed by atoms with van der Waals surface area (Å²) >= 11 is 0. The smallest absolute Gasteiger partial charge is 0.335 e. The lowest BCUT2D eigenvalue weighted by Gasteiger charge is -2.22. The van der Waals surface area contributed by atoms with E-state index in [1.54, 1.807) is 0 Å². The maximum atomic E-state index is 12.1. The van der Waals surface area contributed by atoms with Crippen LogP contribution in [0.2, 0.25) is 0 Å². The first-order valence-corrected chi connectivity index (χ1v) is 7.88. The number of nitrogens with one attached hydrogen (secondary N) is 1. The lowest BCUT2D eigenvalue weighted by Crippen LogP contribution is -2.33. The van der Waals surface area contributed by atoms with E-state index >= 15 is 0 Å². The third-order valence-corrected chi connectivity index (χ3v) is 4.67. The summed E-state index contributed by atoms with van der Waals surface area (Å²) in [5.41, 5.74) is 0.0598. The monoisotopic (exact) mass is 299 g/mol. The van der Waals surface area contributed by atoms with Crippen molar-refractivity contribution < 1.29 is 23.1 Å². The normalized spacial score (nSPS) is 19.7. The second kappa shape index (κ2) is 6.34. The van der Waals surface area contributed by atoms with E-state index in [0.717, 1.165) is 19.4 Å². The molecule has 20 heavy (non-hydrogen) atoms. The van der Waals surface area contributed by atoms with Crippen molar-refractivity contribution in [1.82, 2.24) is 4.72 Å². The first-order chi connectivity index (χ1) is 9.49. The van der Waals surface area contributed by atoms with Crippen molar-refractivity contribution in [2.45, 2.75) is 17.7 Å². The number of aromatic carboxylic acids is 1. The molecule has 7 heteroatoms. The summed E-state index contributed by atoms with van der Waals surface area (Å²) in [5, 5.41) is 8.77. The molecule has 1 atom stereocenters. The molecule has 2 N–H and O–H groups in total. The second-order valence-electron chi connectivity index (χ2n) is 4.76. The van der Waals surface area contributed by atoms with Crippen LogP contribution in [0.4, 0.5) is 0 Å². The van der Waals surface area contributed by atoms with Crippen LogP contribution in [0.25, 0.3) is 0 Å². The number of carboxylic acid groups (broad SMARTS) is 1. The van der Waals surface area contributed by atoms with Crippen LogP contribution in [-0.2, 0) is 14.8 Å². The van der Waals surface area contributed by atoms with Crippen LogP contribution in [0.1, 0.15) is 23.2 Å². The van der Waals surface area contributed by atoms with Gasteiger partial charge in [0, 0.05) is 13.2 Å². The number of sulfonamides is 1. The van der Waals surface area contributed by atoms with Gasteiger partial charge in [0.05, 0.1) is 17.1 Å². The van der Waals surface area contributed by atoms with E-state index in [4.69, 9.17) is 9.84 Å². The highest BCUT2D eigenvalue weighted by Gasteiger charge is 2.19. The Labute approximate surface area is 117 Å². The van der Waals surface area contributed by atoms with Gasteiger partial charge < -0.3 is 9.84 Å². The molecule has 1 aliphatic heterocycles. The molecule has 0 aliphatic carbocycles. The van der Waals surface area contributed by atoms with E-state index in [9.17, 15) is 13.2 Å². The van der Waals surface area contributed by atoms with Gasteiger partial charge >= 0.3 is 5.97 Å². The van der Waals surface area contributed by atoms with E-state index in [1.807, 2.05) is 0 Å². The zero-order valence-electron chi connectivity index (χ0n) is 10.9. The van der Waals surface area contributed by atoms with E-state index in [-0.39, 0.29) is 16.4 Å². The highest BCUT2D eigenvalue weighted by Crippen LogP contribution is 2.15. The Morgan fingerprint density at radius 2 is 2.05 bits per heavy atom. The SMILES string of the molecule is O=C(O)c1ccc(S(=O)(=O)NC[C@H]2CCCOC2)cc1. The highest BCUT2D eigenvalue weighted by atomic mass is 32.2. The summed E-state index contributed by atoms with van der Waals surface area (Å²) in [6.07, 6.45) is 1.89. The van der Waals surface area contributed by atoms with Gasteiger partial charge in [-0.2, -0.15) is 0 Å². The van der Waals surface area contributed by atoms with Gasteiger partial charge in [-0.1, -0.05) is 0 Å². The third-order valence-electron chi connectivity index (χ3n) is 3.23. The van der Waals surface area contributed by atoms with Gasteiger partial charge in [0.25, 0.3) is 0 Å². The third kappa shape index (κ3) is 3.78. The molecule has 110 valence electrons. The molecule has 6 nitrogen and oxygen atoms in total. The van der Waals surface area contributed by atoms with Crippen molar-refractivity contribution in [3.8, 4) is 0 Å². The van der Waals surface area contributed by atoms with E-state index in [2.05, 4.69) is 4.72 Å². The van der Waals surface area contributed by atoms with Gasteiger partial charge in [0.15, 0.2) is 0 Å². The Bertz CT molecular complexity index is 561. The number of benzene rings is 1. The van der Waals surface area contributed by atoms with Crippen LogP contribution in [0.3, 0.4) is 0 Å². The topological polar surface area (TPSA) is 92.7 Å². The quantitative estimate of drug-likeness (QED) is 0.849. The number of hydrogen-bond acceptors (Lipinski definition) is 4. The number of ether oxygens (including phenoxy) is 1. The van der Waals surface area contributed by atoms with Crippen molar-refractivity contribution in [2.24, 2.45) is 5.92 Å². The van der Waals surface area contributed by atoms with Crippen molar-refractivity contribution in [3.63, 3.8) is 0 Å². The number of hydrogen-bond donors (Lipinski definition) is 2. The van der Waals surface area contributed by atoms with Crippen LogP contribution in [0.15, 0.2) is 29.2 Å². The minimum absolute atomic E-state index is 0.0598. The molecule has 1 fully saturated rings. The van der Waals surface area contributed by atoms with Crippen LogP contribution >= 0.6 is 0 Å². The summed E-state index contributed by atoms with van der Waals surface area (Å²) in [7, 11) is -3.60. The molecule has 2 rings (SSSR count). The van der Waals surface area contributed by atoms with Crippen molar-refractivity contribution >= 4 is 16.0 Å². The zero-order chi connectivity index (χ0) is 14.6. The van der Waals surface area contributed by atoms with Gasteiger partial charge in [0.2, 0.25) is 10.0 Å². The van der Waals surface area contributed by atoms with Crippen molar-refractivity contribution in [2.75, 3.05) is 19.8 Å². The maximum absolute atomic E-state index is 12.1. The number of carbonyl (C=O) groups is 1. The molecular weight excluding hydrogens is 282 g/mol. The van der Waals surface area contributed by atoms with Gasteiger partial charge in [-0.3, -0.25) is 0 Å². The van der Waals surface area contributed by atoms with Crippen molar-refractivity contribution in [3.05, 3.63) is 29.8 Å². The van der Waals surface area contributed by atoms with Crippen LogP contribution in [0.5, 0.6) is 0 Å². The molecule has 0 aromatic heterocycles. The minimum Gasteiger partial charge on any atom is -0.478 e. The fourth-order valence-electron chi connectivity index (χ4n) is 2.06. The standard InChI is InChI=1S/C13H17NO5S/c15-13(16)11-3-5-12(6-4-11)20(17,18)14-8-10-2-1-7-19-9-10/h3-6,10,14H,1-2,7-9H2,(H,15,16)/t10-/m1/s1. The van der Waals surface area contributed by atoms with Gasteiger partial charge in [-0.15, -0.1) is 0 Å². The largest absolute Gasteiger partial charge is 0.478 e. The summed E-state index contributed by atoms with van der Waals surface area (Å²) in [5.74, 6) is -0.891. The Hall–Kier alpha value is -1.44. The first kappa shape index (κ1) is 15.0. The molecule has 0 bridgehead atoms. The number of rotatable bonds is 5. The Kier molecular flexibility index (Phi) is 4.74. The van der Waals surface area contributed by atoms with Crippen LogP contribution in [-0.4, -0.2) is 39.3 Å². The van der Waals surface area contributed by atoms with Gasteiger partial charge in [-0.25, -0.2) is 17.9 Å². The van der Waals surface area contributed by atoms with E-state index in [0.29, 0.717) is 13.2 Å². The molecule has 1 aliphatic rings. The molecule has 0 unspecified atom stereocenters. The predicted octanol–water partition coefficient (Wildman–Crippen LogP) is 1.09. The fourth-order valence-corrected chi connectivity index (χ4v) is 3.17. The second-order valence-corrected chi connectivity index (χ2v) is 6.53. The molecule has 0 amide bonds. The fraction of sp³-hybridized carbons (Fsp3) is 0.462. The van der Waals surface area contributed by atoms with Gasteiger partial charge in [-0.05, 0) is 43.0 Å². The Morgan fingerprint density at radius 1 is 1.35 bits per heavy atom. The molecule has 0 spiro atoms.